The van der Waals surface area contributed by atoms with Crippen LogP contribution in [0.4, 0.5) is 18.9 Å². The van der Waals surface area contributed by atoms with Crippen molar-refractivity contribution in [2.75, 3.05) is 4.90 Å². The highest BCUT2D eigenvalue weighted by Gasteiger charge is 2.45. The fourth-order valence-corrected chi connectivity index (χ4v) is 5.45. The van der Waals surface area contributed by atoms with Crippen LogP contribution < -0.4 is 10.6 Å². The number of carbonyl (C=O) groups excluding carboxylic acids is 4. The van der Waals surface area contributed by atoms with Gasteiger partial charge in [-0.3, -0.25) is 14.4 Å². The molecule has 2 N–H and O–H groups in total. The summed E-state index contributed by atoms with van der Waals surface area (Å²) in [4.78, 5) is 55.7. The molecule has 0 saturated carbocycles. The van der Waals surface area contributed by atoms with E-state index in [2.05, 4.69) is 16.6 Å². The third kappa shape index (κ3) is 7.62. The second-order valence-electron chi connectivity index (χ2n) is 11.1. The SMILES string of the molecule is CC(CC(=O)OC(=O)C(F)(F)F)N1C(=O)c2cc(C#Cc3cccc(CN)c3)ccc2N(Cc2ccccc2)C(=O)C1c1ccccc1. The maximum absolute atomic E-state index is 14.6. The number of anilines is 1. The highest BCUT2D eigenvalue weighted by atomic mass is 19.4. The van der Waals surface area contributed by atoms with Gasteiger partial charge >= 0.3 is 18.1 Å². The minimum absolute atomic E-state index is 0.0878. The van der Waals surface area contributed by atoms with Crippen LogP contribution in [0.3, 0.4) is 0 Å². The van der Waals surface area contributed by atoms with Crippen molar-refractivity contribution < 1.29 is 37.1 Å². The summed E-state index contributed by atoms with van der Waals surface area (Å²) in [5.74, 6) is 0.765. The quantitative estimate of drug-likeness (QED) is 0.156. The Kier molecular flexibility index (Phi) is 10.1. The lowest BCUT2D eigenvalue weighted by Gasteiger charge is -2.35. The maximum atomic E-state index is 14.6. The predicted octanol–water partition coefficient (Wildman–Crippen LogP) is 5.69. The van der Waals surface area contributed by atoms with Crippen LogP contribution in [-0.2, 0) is 32.2 Å². The molecule has 0 spiro atoms. The topological polar surface area (TPSA) is 110 Å². The molecule has 5 rings (SSSR count). The van der Waals surface area contributed by atoms with E-state index in [1.165, 1.54) is 11.8 Å². The number of ether oxygens (including phenoxy) is 1. The molecule has 0 bridgehead atoms. The Bertz CT molecular complexity index is 1900. The maximum Gasteiger partial charge on any atom is 0.491 e. The zero-order valence-electron chi connectivity index (χ0n) is 25.7. The predicted molar refractivity (Wildman–Crippen MR) is 171 cm³/mol. The first-order chi connectivity index (χ1) is 23.0. The van der Waals surface area contributed by atoms with Crippen LogP contribution in [0.2, 0.25) is 0 Å². The van der Waals surface area contributed by atoms with Gasteiger partial charge in [-0.2, -0.15) is 13.2 Å². The number of benzene rings is 4. The molecule has 0 aromatic heterocycles. The molecule has 0 saturated heterocycles. The average molecular weight is 654 g/mol. The molecule has 0 fully saturated rings. The largest absolute Gasteiger partial charge is 0.491 e. The second-order valence-corrected chi connectivity index (χ2v) is 11.1. The Morgan fingerprint density at radius 1 is 0.854 bits per heavy atom. The summed E-state index contributed by atoms with van der Waals surface area (Å²) in [5.41, 5.74) is 9.36. The molecule has 2 atom stereocenters. The van der Waals surface area contributed by atoms with E-state index in [9.17, 15) is 32.3 Å². The van der Waals surface area contributed by atoms with Crippen molar-refractivity contribution in [2.45, 2.75) is 44.7 Å². The minimum Gasteiger partial charge on any atom is -0.386 e. The number of nitrogens with two attached hydrogens (primary N) is 1. The molecule has 8 nitrogen and oxygen atoms in total. The number of esters is 2. The smallest absolute Gasteiger partial charge is 0.386 e. The molecule has 11 heteroatoms. The molecule has 0 aliphatic carbocycles. The molecule has 0 radical (unpaired) electrons. The molecule has 1 aliphatic heterocycles. The average Bonchev–Trinajstić information content (AvgIpc) is 3.16. The summed E-state index contributed by atoms with van der Waals surface area (Å²) in [6.45, 7) is 1.83. The van der Waals surface area contributed by atoms with Crippen LogP contribution >= 0.6 is 0 Å². The minimum atomic E-state index is -5.39. The van der Waals surface area contributed by atoms with Gasteiger partial charge in [0.05, 0.1) is 24.2 Å². The molecule has 2 unspecified atom stereocenters. The fraction of sp³-hybridized carbons (Fsp3) is 0.189. The van der Waals surface area contributed by atoms with Crippen LogP contribution in [0.15, 0.2) is 103 Å². The van der Waals surface area contributed by atoms with Crippen molar-refractivity contribution in [2.24, 2.45) is 5.73 Å². The third-order valence-corrected chi connectivity index (χ3v) is 7.72. The number of alkyl halides is 3. The molecular weight excluding hydrogens is 623 g/mol. The Labute approximate surface area is 274 Å². The first-order valence-electron chi connectivity index (χ1n) is 15.0. The second kappa shape index (κ2) is 14.4. The van der Waals surface area contributed by atoms with Gasteiger partial charge in [0.15, 0.2) is 0 Å². The van der Waals surface area contributed by atoms with Crippen molar-refractivity contribution in [1.29, 1.82) is 0 Å². The fourth-order valence-electron chi connectivity index (χ4n) is 5.45. The van der Waals surface area contributed by atoms with Gasteiger partial charge in [-0.05, 0) is 53.9 Å². The van der Waals surface area contributed by atoms with E-state index in [-0.39, 0.29) is 17.8 Å². The highest BCUT2D eigenvalue weighted by molar-refractivity contribution is 6.11. The molecule has 244 valence electrons. The van der Waals surface area contributed by atoms with Gasteiger partial charge in [0, 0.05) is 23.7 Å². The highest BCUT2D eigenvalue weighted by Crippen LogP contribution is 2.38. The lowest BCUT2D eigenvalue weighted by Crippen LogP contribution is -2.47. The van der Waals surface area contributed by atoms with E-state index in [0.29, 0.717) is 23.2 Å². The number of amides is 2. The lowest BCUT2D eigenvalue weighted by molar-refractivity contribution is -0.202. The summed E-state index contributed by atoms with van der Waals surface area (Å²) < 4.78 is 42.5. The van der Waals surface area contributed by atoms with Gasteiger partial charge in [0.1, 0.15) is 6.04 Å². The summed E-state index contributed by atoms with van der Waals surface area (Å²) in [6.07, 6.45) is -6.19. The normalized spacial score (nSPS) is 15.1. The zero-order valence-corrected chi connectivity index (χ0v) is 25.7. The third-order valence-electron chi connectivity index (χ3n) is 7.72. The number of hydrogen-bond donors (Lipinski definition) is 1. The molecule has 1 heterocycles. The number of nitrogens with zero attached hydrogens (tertiary/aromatic N) is 2. The number of hydrogen-bond acceptors (Lipinski definition) is 6. The van der Waals surface area contributed by atoms with Crippen molar-refractivity contribution in [3.8, 4) is 11.8 Å². The first kappa shape index (κ1) is 33.6. The van der Waals surface area contributed by atoms with Gasteiger partial charge in [0.2, 0.25) is 0 Å². The molecule has 1 aliphatic rings. The Morgan fingerprint density at radius 2 is 1.48 bits per heavy atom. The van der Waals surface area contributed by atoms with Crippen molar-refractivity contribution >= 4 is 29.4 Å². The van der Waals surface area contributed by atoms with Crippen LogP contribution in [-0.4, -0.2) is 40.9 Å². The van der Waals surface area contributed by atoms with Crippen LogP contribution in [0.5, 0.6) is 0 Å². The van der Waals surface area contributed by atoms with Crippen LogP contribution in [0.1, 0.15) is 57.6 Å². The number of rotatable bonds is 7. The summed E-state index contributed by atoms with van der Waals surface area (Å²) in [6, 6.07) is 27.3. The Morgan fingerprint density at radius 3 is 2.12 bits per heavy atom. The van der Waals surface area contributed by atoms with E-state index in [0.717, 1.165) is 16.0 Å². The summed E-state index contributed by atoms with van der Waals surface area (Å²) in [5, 5.41) is 0. The van der Waals surface area contributed by atoms with Crippen LogP contribution in [0, 0.1) is 11.8 Å². The van der Waals surface area contributed by atoms with Crippen LogP contribution in [0.25, 0.3) is 0 Å². The Balaban J connectivity index is 1.62. The van der Waals surface area contributed by atoms with Gasteiger partial charge in [-0.15, -0.1) is 0 Å². The lowest BCUT2D eigenvalue weighted by atomic mass is 10.0. The van der Waals surface area contributed by atoms with E-state index in [4.69, 9.17) is 5.73 Å². The van der Waals surface area contributed by atoms with E-state index < -0.39 is 48.4 Å². The van der Waals surface area contributed by atoms with Gasteiger partial charge in [-0.1, -0.05) is 84.6 Å². The number of halogens is 3. The van der Waals surface area contributed by atoms with E-state index >= 15 is 0 Å². The molecule has 2 amide bonds. The zero-order chi connectivity index (χ0) is 34.4. The van der Waals surface area contributed by atoms with Gasteiger partial charge < -0.3 is 20.3 Å². The van der Waals surface area contributed by atoms with Crippen molar-refractivity contribution in [3.05, 3.63) is 137 Å². The molecule has 4 aromatic rings. The standard InChI is InChI=1S/C37H30F3N3O5/c1-24(19-32(44)48-36(47)37(38,39)40)43-33(29-13-6-3-7-14-29)35(46)42(23-27-9-4-2-5-10-27)31-18-17-26(21-30(31)34(43)45)16-15-25-11-8-12-28(20-25)22-41/h2-14,17-18,20-21,24,33H,19,22-23,41H2,1H3. The number of fused-ring (bicyclic) bond motifs is 1. The van der Waals surface area contributed by atoms with E-state index in [1.807, 2.05) is 54.6 Å². The van der Waals surface area contributed by atoms with E-state index in [1.54, 1.807) is 48.5 Å². The Hall–Kier alpha value is -5.73. The van der Waals surface area contributed by atoms with Gasteiger partial charge in [-0.25, -0.2) is 4.79 Å². The first-order valence-corrected chi connectivity index (χ1v) is 15.0. The summed E-state index contributed by atoms with van der Waals surface area (Å²) in [7, 11) is 0. The molecule has 48 heavy (non-hydrogen) atoms. The van der Waals surface area contributed by atoms with Gasteiger partial charge in [0.25, 0.3) is 11.8 Å². The molecular formula is C37H30F3N3O5. The molecule has 4 aromatic carbocycles. The summed E-state index contributed by atoms with van der Waals surface area (Å²) >= 11 is 0. The van der Waals surface area contributed by atoms with Crippen molar-refractivity contribution in [1.82, 2.24) is 4.90 Å². The van der Waals surface area contributed by atoms with Crippen molar-refractivity contribution in [3.63, 3.8) is 0 Å². The monoisotopic (exact) mass is 653 g/mol. The number of carbonyl (C=O) groups is 4.